The molecule has 0 amide bonds. The van der Waals surface area contributed by atoms with Gasteiger partial charge >= 0.3 is 0 Å². The number of aromatic nitrogens is 3. The molecule has 2 aromatic carbocycles. The number of hydrogen-bond donors (Lipinski definition) is 0. The Morgan fingerprint density at radius 2 is 1.68 bits per heavy atom. The molecular weight excluding hydrogens is 330 g/mol. The van der Waals surface area contributed by atoms with Crippen LogP contribution in [-0.4, -0.2) is 21.9 Å². The van der Waals surface area contributed by atoms with Crippen LogP contribution in [0.25, 0.3) is 5.69 Å². The van der Waals surface area contributed by atoms with Crippen LogP contribution in [0.2, 0.25) is 0 Å². The van der Waals surface area contributed by atoms with Crippen LogP contribution in [-0.2, 0) is 5.75 Å². The van der Waals surface area contributed by atoms with Gasteiger partial charge in [-0.05, 0) is 36.8 Å². The second-order valence-electron chi connectivity index (χ2n) is 6.30. The van der Waals surface area contributed by atoms with Gasteiger partial charge in [-0.25, -0.2) is 0 Å². The number of aryl methyl sites for hydroxylation is 1. The molecule has 0 bridgehead atoms. The largest absolute Gasteiger partial charge is 0.497 e. The fourth-order valence-corrected chi connectivity index (χ4v) is 3.47. The van der Waals surface area contributed by atoms with Crippen LogP contribution in [0.3, 0.4) is 0 Å². The van der Waals surface area contributed by atoms with E-state index in [-0.39, 0.29) is 0 Å². The van der Waals surface area contributed by atoms with E-state index in [1.54, 1.807) is 18.9 Å². The molecule has 0 aliphatic rings. The van der Waals surface area contributed by atoms with Crippen LogP contribution in [0.4, 0.5) is 0 Å². The first kappa shape index (κ1) is 17.5. The minimum Gasteiger partial charge on any atom is -0.497 e. The summed E-state index contributed by atoms with van der Waals surface area (Å²) in [5.41, 5.74) is 3.61. The Hall–Kier alpha value is -2.27. The van der Waals surface area contributed by atoms with Crippen molar-refractivity contribution in [3.05, 3.63) is 65.5 Å². The maximum atomic E-state index is 5.26. The summed E-state index contributed by atoms with van der Waals surface area (Å²) in [5, 5.41) is 9.77. The van der Waals surface area contributed by atoms with Crippen molar-refractivity contribution in [1.29, 1.82) is 0 Å². The normalized spacial score (nSPS) is 11.1. The minimum atomic E-state index is 0.295. The summed E-state index contributed by atoms with van der Waals surface area (Å²) in [6, 6.07) is 16.6. The van der Waals surface area contributed by atoms with Gasteiger partial charge in [0.1, 0.15) is 11.6 Å². The highest BCUT2D eigenvalue weighted by Gasteiger charge is 2.17. The molecule has 0 saturated carbocycles. The summed E-state index contributed by atoms with van der Waals surface area (Å²) in [6.07, 6.45) is 0. The molecular formula is C20H23N3OS. The molecule has 0 saturated heterocycles. The van der Waals surface area contributed by atoms with Gasteiger partial charge in [-0.1, -0.05) is 55.4 Å². The lowest BCUT2D eigenvalue weighted by atomic mass is 10.2. The molecule has 130 valence electrons. The lowest BCUT2D eigenvalue weighted by molar-refractivity contribution is 0.414. The third-order valence-electron chi connectivity index (χ3n) is 3.99. The maximum Gasteiger partial charge on any atom is 0.196 e. The Labute approximate surface area is 153 Å². The summed E-state index contributed by atoms with van der Waals surface area (Å²) in [5.74, 6) is 2.98. The fourth-order valence-electron chi connectivity index (χ4n) is 2.55. The second kappa shape index (κ2) is 7.74. The molecule has 3 rings (SSSR count). The first-order valence-electron chi connectivity index (χ1n) is 8.36. The number of methoxy groups -OCH3 is 1. The molecule has 1 aromatic heterocycles. The molecule has 5 heteroatoms. The predicted octanol–water partition coefficient (Wildman–Crippen LogP) is 5.00. The molecule has 0 spiro atoms. The number of nitrogens with zero attached hydrogens (tertiary/aromatic N) is 3. The van der Waals surface area contributed by atoms with Gasteiger partial charge in [0.25, 0.3) is 0 Å². The predicted molar refractivity (Wildman–Crippen MR) is 103 cm³/mol. The average molecular weight is 353 g/mol. The van der Waals surface area contributed by atoms with Crippen molar-refractivity contribution < 1.29 is 4.74 Å². The van der Waals surface area contributed by atoms with Gasteiger partial charge in [0.15, 0.2) is 5.16 Å². The number of benzene rings is 2. The van der Waals surface area contributed by atoms with E-state index in [1.165, 1.54) is 11.1 Å². The summed E-state index contributed by atoms with van der Waals surface area (Å²) >= 11 is 1.71. The lowest BCUT2D eigenvalue weighted by Crippen LogP contribution is -2.04. The van der Waals surface area contributed by atoms with Crippen LogP contribution in [0, 0.1) is 6.92 Å². The van der Waals surface area contributed by atoms with Gasteiger partial charge in [0.2, 0.25) is 0 Å². The zero-order chi connectivity index (χ0) is 17.8. The summed E-state index contributed by atoms with van der Waals surface area (Å²) in [4.78, 5) is 0. The molecule has 0 aliphatic carbocycles. The first-order chi connectivity index (χ1) is 12.1. The number of hydrogen-bond acceptors (Lipinski definition) is 4. The van der Waals surface area contributed by atoms with Gasteiger partial charge in [0, 0.05) is 17.4 Å². The molecule has 4 nitrogen and oxygen atoms in total. The monoisotopic (exact) mass is 353 g/mol. The van der Waals surface area contributed by atoms with Gasteiger partial charge in [-0.3, -0.25) is 4.57 Å². The van der Waals surface area contributed by atoms with Gasteiger partial charge in [-0.15, -0.1) is 10.2 Å². The van der Waals surface area contributed by atoms with Gasteiger partial charge < -0.3 is 4.74 Å². The van der Waals surface area contributed by atoms with Crippen molar-refractivity contribution in [2.75, 3.05) is 7.11 Å². The molecule has 0 N–H and O–H groups in total. The number of rotatable bonds is 6. The van der Waals surface area contributed by atoms with E-state index in [0.717, 1.165) is 28.2 Å². The summed E-state index contributed by atoms with van der Waals surface area (Å²) < 4.78 is 7.41. The molecule has 0 aliphatic heterocycles. The van der Waals surface area contributed by atoms with Crippen molar-refractivity contribution >= 4 is 11.8 Å². The Balaban J connectivity index is 1.89. The van der Waals surface area contributed by atoms with E-state index in [2.05, 4.69) is 59.8 Å². The van der Waals surface area contributed by atoms with E-state index < -0.39 is 0 Å². The van der Waals surface area contributed by atoms with Crippen molar-refractivity contribution in [3.8, 4) is 11.4 Å². The first-order valence-corrected chi connectivity index (χ1v) is 9.35. The standard InChI is InChI=1S/C20H23N3OS/c1-14(2)19-21-22-20(25-13-16-7-5-15(3)6-8-16)23(19)17-9-11-18(24-4)12-10-17/h5-12,14H,13H2,1-4H3. The van der Waals surface area contributed by atoms with Crippen molar-refractivity contribution in [3.63, 3.8) is 0 Å². The van der Waals surface area contributed by atoms with E-state index in [4.69, 9.17) is 4.74 Å². The van der Waals surface area contributed by atoms with Crippen molar-refractivity contribution in [1.82, 2.24) is 14.8 Å². The molecule has 1 heterocycles. The molecule has 25 heavy (non-hydrogen) atoms. The Bertz CT molecular complexity index is 823. The number of thioether (sulfide) groups is 1. The van der Waals surface area contributed by atoms with E-state index >= 15 is 0 Å². The highest BCUT2D eigenvalue weighted by atomic mass is 32.2. The average Bonchev–Trinajstić information content (AvgIpc) is 3.05. The molecule has 0 fully saturated rings. The Morgan fingerprint density at radius 1 is 1.00 bits per heavy atom. The van der Waals surface area contributed by atoms with E-state index in [0.29, 0.717) is 5.92 Å². The third-order valence-corrected chi connectivity index (χ3v) is 4.99. The molecule has 0 radical (unpaired) electrons. The lowest BCUT2D eigenvalue weighted by Gasteiger charge is -2.12. The van der Waals surface area contributed by atoms with Crippen LogP contribution in [0.1, 0.15) is 36.7 Å². The van der Waals surface area contributed by atoms with Gasteiger partial charge in [-0.2, -0.15) is 0 Å². The summed E-state index contributed by atoms with van der Waals surface area (Å²) in [7, 11) is 1.68. The van der Waals surface area contributed by atoms with Crippen molar-refractivity contribution in [2.24, 2.45) is 0 Å². The second-order valence-corrected chi connectivity index (χ2v) is 7.25. The summed E-state index contributed by atoms with van der Waals surface area (Å²) in [6.45, 7) is 6.38. The highest BCUT2D eigenvalue weighted by Crippen LogP contribution is 2.28. The van der Waals surface area contributed by atoms with Crippen LogP contribution >= 0.6 is 11.8 Å². The van der Waals surface area contributed by atoms with Crippen LogP contribution in [0.15, 0.2) is 53.7 Å². The van der Waals surface area contributed by atoms with Crippen molar-refractivity contribution in [2.45, 2.75) is 37.6 Å². The zero-order valence-corrected chi connectivity index (χ0v) is 15.9. The Kier molecular flexibility index (Phi) is 5.43. The minimum absolute atomic E-state index is 0.295. The smallest absolute Gasteiger partial charge is 0.196 e. The SMILES string of the molecule is COc1ccc(-n2c(SCc3ccc(C)cc3)nnc2C(C)C)cc1. The van der Waals surface area contributed by atoms with E-state index in [9.17, 15) is 0 Å². The molecule has 0 unspecified atom stereocenters. The van der Waals surface area contributed by atoms with Crippen LogP contribution < -0.4 is 4.74 Å². The highest BCUT2D eigenvalue weighted by molar-refractivity contribution is 7.98. The molecule has 3 aromatic rings. The third kappa shape index (κ3) is 4.04. The fraction of sp³-hybridized carbons (Fsp3) is 0.300. The Morgan fingerprint density at radius 3 is 2.28 bits per heavy atom. The quantitative estimate of drug-likeness (QED) is 0.585. The zero-order valence-electron chi connectivity index (χ0n) is 15.1. The van der Waals surface area contributed by atoms with E-state index in [1.807, 2.05) is 24.3 Å². The number of ether oxygens (including phenoxy) is 1. The topological polar surface area (TPSA) is 39.9 Å². The van der Waals surface area contributed by atoms with Gasteiger partial charge in [0.05, 0.1) is 7.11 Å². The maximum absolute atomic E-state index is 5.26. The molecule has 0 atom stereocenters. The van der Waals surface area contributed by atoms with Crippen LogP contribution in [0.5, 0.6) is 5.75 Å².